The van der Waals surface area contributed by atoms with E-state index in [-0.39, 0.29) is 0 Å². The molecule has 0 saturated carbocycles. The summed E-state index contributed by atoms with van der Waals surface area (Å²) in [6.07, 6.45) is 1.87. The molecule has 6 aromatic rings. The summed E-state index contributed by atoms with van der Waals surface area (Å²) >= 11 is 0. The van der Waals surface area contributed by atoms with Gasteiger partial charge in [-0.15, -0.1) is 0 Å². The minimum Gasteiger partial charge on any atom is -0.341 e. The highest BCUT2D eigenvalue weighted by atomic mass is 15.6. The van der Waals surface area contributed by atoms with Crippen LogP contribution >= 0.6 is 0 Å². The number of hydrazone groups is 1. The maximum atomic E-state index is 4.86. The molecular formula is C29H25N7. The Balaban J connectivity index is 1.40. The van der Waals surface area contributed by atoms with Crippen molar-refractivity contribution in [2.45, 2.75) is 20.0 Å². The molecule has 4 aromatic carbocycles. The van der Waals surface area contributed by atoms with Gasteiger partial charge in [-0.25, -0.2) is 4.68 Å². The van der Waals surface area contributed by atoms with E-state index >= 15 is 0 Å². The van der Waals surface area contributed by atoms with Crippen molar-refractivity contribution in [2.24, 2.45) is 5.10 Å². The Morgan fingerprint density at radius 3 is 2.33 bits per heavy atom. The lowest BCUT2D eigenvalue weighted by atomic mass is 10.1. The van der Waals surface area contributed by atoms with Gasteiger partial charge < -0.3 is 4.57 Å². The van der Waals surface area contributed by atoms with Crippen molar-refractivity contribution in [1.29, 1.82) is 0 Å². The summed E-state index contributed by atoms with van der Waals surface area (Å²) in [7, 11) is 0. The second-order valence-corrected chi connectivity index (χ2v) is 8.55. The number of tetrazole rings is 1. The topological polar surface area (TPSA) is 64.1 Å². The van der Waals surface area contributed by atoms with Gasteiger partial charge in [-0.05, 0) is 58.8 Å². The molecule has 0 bridgehead atoms. The quantitative estimate of drug-likeness (QED) is 0.211. The highest BCUT2D eigenvalue weighted by Gasteiger charge is 2.17. The van der Waals surface area contributed by atoms with E-state index in [0.29, 0.717) is 12.5 Å². The van der Waals surface area contributed by atoms with Gasteiger partial charge in [0.1, 0.15) is 0 Å². The van der Waals surface area contributed by atoms with Crippen molar-refractivity contribution in [3.8, 4) is 0 Å². The first kappa shape index (κ1) is 21.7. The highest BCUT2D eigenvalue weighted by molar-refractivity contribution is 6.09. The van der Waals surface area contributed by atoms with Gasteiger partial charge in [0, 0.05) is 28.4 Å². The van der Waals surface area contributed by atoms with Crippen LogP contribution in [-0.2, 0) is 13.1 Å². The minimum absolute atomic E-state index is 0.546. The smallest absolute Gasteiger partial charge is 0.271 e. The molecule has 2 heterocycles. The molecule has 7 nitrogen and oxygen atoms in total. The summed E-state index contributed by atoms with van der Waals surface area (Å²) in [4.78, 5) is 0. The molecule has 36 heavy (non-hydrogen) atoms. The highest BCUT2D eigenvalue weighted by Crippen LogP contribution is 2.30. The Bertz CT molecular complexity index is 1650. The maximum Gasteiger partial charge on any atom is 0.271 e. The predicted octanol–water partition coefficient (Wildman–Crippen LogP) is 6.02. The first-order valence-electron chi connectivity index (χ1n) is 12.0. The fourth-order valence-corrected chi connectivity index (χ4v) is 4.63. The maximum absolute atomic E-state index is 4.86. The normalized spacial score (nSPS) is 11.6. The van der Waals surface area contributed by atoms with Crippen LogP contribution in [0.4, 0.5) is 11.6 Å². The Kier molecular flexibility index (Phi) is 5.71. The summed E-state index contributed by atoms with van der Waals surface area (Å²) in [6.45, 7) is 3.65. The monoisotopic (exact) mass is 471 g/mol. The fourth-order valence-electron chi connectivity index (χ4n) is 4.63. The number of para-hydroxylation sites is 2. The Hall–Kier alpha value is -4.78. The van der Waals surface area contributed by atoms with Gasteiger partial charge in [-0.3, -0.25) is 0 Å². The molecule has 7 heteroatoms. The van der Waals surface area contributed by atoms with Crippen LogP contribution in [-0.4, -0.2) is 31.0 Å². The zero-order valence-corrected chi connectivity index (χ0v) is 19.9. The van der Waals surface area contributed by atoms with Crippen LogP contribution < -0.4 is 5.01 Å². The van der Waals surface area contributed by atoms with Crippen LogP contribution in [0.3, 0.4) is 0 Å². The zero-order valence-electron chi connectivity index (χ0n) is 19.9. The first-order chi connectivity index (χ1) is 17.8. The molecule has 0 saturated heterocycles. The van der Waals surface area contributed by atoms with Crippen molar-refractivity contribution >= 4 is 39.7 Å². The standard InChI is InChI=1S/C29H25N7/c1-2-34-27-16-10-9-15-25(27)26-19-23(17-18-28(26)34)20-30-36(24-13-7-4-8-14-24)29-31-32-33-35(29)21-22-11-5-3-6-12-22/h3-20H,2,21H2,1H3. The van der Waals surface area contributed by atoms with E-state index in [0.717, 1.165) is 23.4 Å². The van der Waals surface area contributed by atoms with E-state index in [4.69, 9.17) is 5.10 Å². The van der Waals surface area contributed by atoms with Crippen molar-refractivity contribution in [1.82, 2.24) is 24.8 Å². The molecule has 0 aliphatic rings. The van der Waals surface area contributed by atoms with Crippen LogP contribution in [0.2, 0.25) is 0 Å². The molecule has 0 radical (unpaired) electrons. The van der Waals surface area contributed by atoms with E-state index in [1.807, 2.05) is 54.7 Å². The number of rotatable bonds is 7. The lowest BCUT2D eigenvalue weighted by Crippen LogP contribution is -2.16. The number of fused-ring (bicyclic) bond motifs is 3. The van der Waals surface area contributed by atoms with Gasteiger partial charge in [0.15, 0.2) is 0 Å². The lowest BCUT2D eigenvalue weighted by molar-refractivity contribution is 0.645. The molecule has 0 unspecified atom stereocenters. The second-order valence-electron chi connectivity index (χ2n) is 8.55. The van der Waals surface area contributed by atoms with Gasteiger partial charge in [0.25, 0.3) is 5.95 Å². The van der Waals surface area contributed by atoms with Gasteiger partial charge >= 0.3 is 0 Å². The van der Waals surface area contributed by atoms with Gasteiger partial charge in [0.05, 0.1) is 18.4 Å². The second kappa shape index (κ2) is 9.46. The van der Waals surface area contributed by atoms with E-state index in [9.17, 15) is 0 Å². The van der Waals surface area contributed by atoms with Crippen LogP contribution in [0, 0.1) is 0 Å². The number of aryl methyl sites for hydroxylation is 1. The van der Waals surface area contributed by atoms with Crippen molar-refractivity contribution in [3.63, 3.8) is 0 Å². The van der Waals surface area contributed by atoms with Gasteiger partial charge in [-0.1, -0.05) is 77.9 Å². The Labute approximate surface area is 208 Å². The molecule has 0 aliphatic carbocycles. The molecule has 0 aliphatic heterocycles. The third kappa shape index (κ3) is 4.01. The van der Waals surface area contributed by atoms with Crippen LogP contribution in [0.15, 0.2) is 108 Å². The largest absolute Gasteiger partial charge is 0.341 e. The molecule has 0 amide bonds. The van der Waals surface area contributed by atoms with E-state index in [1.54, 1.807) is 9.69 Å². The van der Waals surface area contributed by atoms with E-state index in [2.05, 4.69) is 81.6 Å². The number of aromatic nitrogens is 5. The molecule has 176 valence electrons. The van der Waals surface area contributed by atoms with Crippen molar-refractivity contribution < 1.29 is 0 Å². The molecule has 2 aromatic heterocycles. The zero-order chi connectivity index (χ0) is 24.3. The minimum atomic E-state index is 0.546. The summed E-state index contributed by atoms with van der Waals surface area (Å²) in [6, 6.07) is 35.1. The molecule has 0 atom stereocenters. The number of nitrogens with zero attached hydrogens (tertiary/aromatic N) is 7. The van der Waals surface area contributed by atoms with E-state index in [1.165, 1.54) is 21.8 Å². The van der Waals surface area contributed by atoms with Crippen LogP contribution in [0.5, 0.6) is 0 Å². The van der Waals surface area contributed by atoms with Crippen LogP contribution in [0.1, 0.15) is 18.1 Å². The third-order valence-electron chi connectivity index (χ3n) is 6.31. The Morgan fingerprint density at radius 1 is 0.806 bits per heavy atom. The molecule has 0 N–H and O–H groups in total. The molecule has 6 rings (SSSR count). The first-order valence-corrected chi connectivity index (χ1v) is 12.0. The summed E-state index contributed by atoms with van der Waals surface area (Å²) in [5.74, 6) is 0.546. The lowest BCUT2D eigenvalue weighted by Gasteiger charge is -2.17. The Morgan fingerprint density at radius 2 is 1.53 bits per heavy atom. The number of hydrogen-bond donors (Lipinski definition) is 0. The van der Waals surface area contributed by atoms with Gasteiger partial charge in [0.2, 0.25) is 0 Å². The molecule has 0 fully saturated rings. The van der Waals surface area contributed by atoms with Crippen molar-refractivity contribution in [2.75, 3.05) is 5.01 Å². The van der Waals surface area contributed by atoms with E-state index < -0.39 is 0 Å². The average molecular weight is 472 g/mol. The number of hydrogen-bond acceptors (Lipinski definition) is 5. The number of anilines is 2. The van der Waals surface area contributed by atoms with Crippen LogP contribution in [0.25, 0.3) is 21.8 Å². The van der Waals surface area contributed by atoms with Gasteiger partial charge in [-0.2, -0.15) is 10.1 Å². The third-order valence-corrected chi connectivity index (χ3v) is 6.31. The predicted molar refractivity (Wildman–Crippen MR) is 145 cm³/mol. The SMILES string of the molecule is CCn1c2ccccc2c2cc(C=NN(c3ccccc3)c3nnnn3Cc3ccccc3)ccc21. The summed E-state index contributed by atoms with van der Waals surface area (Å²) in [5.41, 5.74) is 5.46. The average Bonchev–Trinajstić information content (AvgIpc) is 3.52. The molecular weight excluding hydrogens is 446 g/mol. The summed E-state index contributed by atoms with van der Waals surface area (Å²) < 4.78 is 4.11. The van der Waals surface area contributed by atoms with Crippen molar-refractivity contribution in [3.05, 3.63) is 114 Å². The summed E-state index contributed by atoms with van der Waals surface area (Å²) in [5, 5.41) is 21.6. The number of benzene rings is 4. The fraction of sp³-hybridized carbons (Fsp3) is 0.103. The molecule has 0 spiro atoms.